The number of rotatable bonds is 7. The Morgan fingerprint density at radius 3 is 2.53 bits per heavy atom. The van der Waals surface area contributed by atoms with Crippen LogP contribution in [0.4, 0.5) is 0 Å². The maximum atomic E-state index is 11.9. The van der Waals surface area contributed by atoms with Crippen LogP contribution in [0.2, 0.25) is 0 Å². The Labute approximate surface area is 115 Å². The molecule has 1 aromatic carbocycles. The highest BCUT2D eigenvalue weighted by atomic mass is 16.5. The van der Waals surface area contributed by atoms with Gasteiger partial charge in [-0.05, 0) is 11.5 Å². The van der Waals surface area contributed by atoms with Gasteiger partial charge in [0.25, 0.3) is 0 Å². The summed E-state index contributed by atoms with van der Waals surface area (Å²) in [7, 11) is 1.64. The van der Waals surface area contributed by atoms with E-state index in [-0.39, 0.29) is 17.9 Å². The molecule has 3 unspecified atom stereocenters. The summed E-state index contributed by atoms with van der Waals surface area (Å²) in [5.74, 6) is 0.0602. The molecule has 0 spiro atoms. The minimum Gasteiger partial charge on any atom is -0.375 e. The number of ether oxygens (including phenoxy) is 1. The van der Waals surface area contributed by atoms with Crippen molar-refractivity contribution in [2.24, 2.45) is 11.7 Å². The first kappa shape index (κ1) is 15.7. The molecule has 0 saturated heterocycles. The second-order valence-corrected chi connectivity index (χ2v) is 4.79. The Morgan fingerprint density at radius 2 is 2.00 bits per heavy atom. The Morgan fingerprint density at radius 1 is 1.37 bits per heavy atom. The lowest BCUT2D eigenvalue weighted by atomic mass is 9.99. The highest BCUT2D eigenvalue weighted by Gasteiger charge is 2.20. The van der Waals surface area contributed by atoms with Gasteiger partial charge in [0, 0.05) is 13.7 Å². The lowest BCUT2D eigenvalue weighted by Gasteiger charge is -2.21. The fourth-order valence-electron chi connectivity index (χ4n) is 1.83. The number of hydrogen-bond acceptors (Lipinski definition) is 3. The number of nitrogens with one attached hydrogen (secondary N) is 1. The molecule has 0 aliphatic heterocycles. The summed E-state index contributed by atoms with van der Waals surface area (Å²) in [6.07, 6.45) is 0.746. The standard InChI is InChI=1S/C15H24N2O2/c1-4-11(2)14(16)15(18)17-10-13(19-3)12-8-6-5-7-9-12/h5-9,11,13-14H,4,10,16H2,1-3H3,(H,17,18). The smallest absolute Gasteiger partial charge is 0.237 e. The van der Waals surface area contributed by atoms with Crippen LogP contribution in [0.3, 0.4) is 0 Å². The molecule has 0 radical (unpaired) electrons. The van der Waals surface area contributed by atoms with E-state index in [1.54, 1.807) is 7.11 Å². The topological polar surface area (TPSA) is 64.4 Å². The Hall–Kier alpha value is -1.39. The number of carbonyl (C=O) groups is 1. The van der Waals surface area contributed by atoms with Gasteiger partial charge in [-0.3, -0.25) is 4.79 Å². The van der Waals surface area contributed by atoms with E-state index >= 15 is 0 Å². The third-order valence-corrected chi connectivity index (χ3v) is 3.48. The minimum atomic E-state index is -0.460. The van der Waals surface area contributed by atoms with E-state index in [1.807, 2.05) is 44.2 Å². The van der Waals surface area contributed by atoms with Gasteiger partial charge in [-0.25, -0.2) is 0 Å². The molecule has 3 atom stereocenters. The zero-order valence-corrected chi connectivity index (χ0v) is 11.9. The molecular formula is C15H24N2O2. The molecule has 0 aliphatic rings. The second kappa shape index (κ2) is 7.92. The molecule has 0 aromatic heterocycles. The van der Waals surface area contributed by atoms with Gasteiger partial charge < -0.3 is 15.8 Å². The van der Waals surface area contributed by atoms with Gasteiger partial charge in [0.05, 0.1) is 12.1 Å². The zero-order valence-electron chi connectivity index (χ0n) is 11.9. The molecule has 4 heteroatoms. The van der Waals surface area contributed by atoms with Crippen LogP contribution in [0.25, 0.3) is 0 Å². The molecule has 0 bridgehead atoms. The molecule has 1 aromatic rings. The highest BCUT2D eigenvalue weighted by molar-refractivity contribution is 5.81. The number of amides is 1. The van der Waals surface area contributed by atoms with E-state index < -0.39 is 6.04 Å². The average molecular weight is 264 g/mol. The van der Waals surface area contributed by atoms with Gasteiger partial charge in [-0.2, -0.15) is 0 Å². The normalized spacial score (nSPS) is 15.6. The zero-order chi connectivity index (χ0) is 14.3. The van der Waals surface area contributed by atoms with E-state index in [0.29, 0.717) is 6.54 Å². The SMILES string of the molecule is CCC(C)C(N)C(=O)NCC(OC)c1ccccc1. The Bertz CT molecular complexity index is 381. The second-order valence-electron chi connectivity index (χ2n) is 4.79. The summed E-state index contributed by atoms with van der Waals surface area (Å²) in [5, 5.41) is 2.86. The van der Waals surface area contributed by atoms with Crippen LogP contribution >= 0.6 is 0 Å². The third kappa shape index (κ3) is 4.65. The maximum absolute atomic E-state index is 11.9. The van der Waals surface area contributed by atoms with Crippen LogP contribution in [0.5, 0.6) is 0 Å². The van der Waals surface area contributed by atoms with Gasteiger partial charge >= 0.3 is 0 Å². The van der Waals surface area contributed by atoms with Crippen molar-refractivity contribution in [3.05, 3.63) is 35.9 Å². The van der Waals surface area contributed by atoms with Crippen LogP contribution in [0.1, 0.15) is 31.9 Å². The van der Waals surface area contributed by atoms with Crippen LogP contribution in [0, 0.1) is 5.92 Å². The first-order valence-electron chi connectivity index (χ1n) is 6.71. The lowest BCUT2D eigenvalue weighted by Crippen LogP contribution is -2.45. The largest absolute Gasteiger partial charge is 0.375 e. The van der Waals surface area contributed by atoms with E-state index in [9.17, 15) is 4.79 Å². The van der Waals surface area contributed by atoms with Crippen molar-refractivity contribution in [2.45, 2.75) is 32.4 Å². The van der Waals surface area contributed by atoms with Crippen molar-refractivity contribution >= 4 is 5.91 Å². The number of methoxy groups -OCH3 is 1. The van der Waals surface area contributed by atoms with E-state index in [2.05, 4.69) is 5.32 Å². The summed E-state index contributed by atoms with van der Waals surface area (Å²) in [6, 6.07) is 9.36. The highest BCUT2D eigenvalue weighted by Crippen LogP contribution is 2.15. The molecule has 0 saturated carbocycles. The van der Waals surface area contributed by atoms with Crippen LogP contribution in [0.15, 0.2) is 30.3 Å². The van der Waals surface area contributed by atoms with E-state index in [1.165, 1.54) is 0 Å². The molecular weight excluding hydrogens is 240 g/mol. The number of nitrogens with two attached hydrogens (primary N) is 1. The van der Waals surface area contributed by atoms with Crippen molar-refractivity contribution in [3.8, 4) is 0 Å². The maximum Gasteiger partial charge on any atom is 0.237 e. The fraction of sp³-hybridized carbons (Fsp3) is 0.533. The fourth-order valence-corrected chi connectivity index (χ4v) is 1.83. The molecule has 3 N–H and O–H groups in total. The van der Waals surface area contributed by atoms with E-state index in [4.69, 9.17) is 10.5 Å². The monoisotopic (exact) mass is 264 g/mol. The molecule has 0 fully saturated rings. The van der Waals surface area contributed by atoms with Crippen LogP contribution in [-0.2, 0) is 9.53 Å². The van der Waals surface area contributed by atoms with Crippen LogP contribution < -0.4 is 11.1 Å². The summed E-state index contributed by atoms with van der Waals surface area (Å²) in [5.41, 5.74) is 6.93. The molecule has 0 aliphatic carbocycles. The van der Waals surface area contributed by atoms with Crippen molar-refractivity contribution in [1.82, 2.24) is 5.32 Å². The van der Waals surface area contributed by atoms with Crippen LogP contribution in [-0.4, -0.2) is 25.6 Å². The molecule has 1 rings (SSSR count). The summed E-state index contributed by atoms with van der Waals surface area (Å²) in [6.45, 7) is 4.44. The molecule has 19 heavy (non-hydrogen) atoms. The van der Waals surface area contributed by atoms with Gasteiger partial charge in [-0.1, -0.05) is 50.6 Å². The third-order valence-electron chi connectivity index (χ3n) is 3.48. The first-order chi connectivity index (χ1) is 9.10. The summed E-state index contributed by atoms with van der Waals surface area (Å²) >= 11 is 0. The van der Waals surface area contributed by atoms with E-state index in [0.717, 1.165) is 12.0 Å². The average Bonchev–Trinajstić information content (AvgIpc) is 2.47. The van der Waals surface area contributed by atoms with Crippen molar-refractivity contribution in [2.75, 3.05) is 13.7 Å². The first-order valence-corrected chi connectivity index (χ1v) is 6.71. The predicted molar refractivity (Wildman–Crippen MR) is 76.6 cm³/mol. The van der Waals surface area contributed by atoms with Gasteiger partial charge in [-0.15, -0.1) is 0 Å². The summed E-state index contributed by atoms with van der Waals surface area (Å²) in [4.78, 5) is 11.9. The number of benzene rings is 1. The minimum absolute atomic E-state index is 0.118. The Kier molecular flexibility index (Phi) is 6.53. The lowest BCUT2D eigenvalue weighted by molar-refractivity contribution is -0.124. The molecule has 1 amide bonds. The summed E-state index contributed by atoms with van der Waals surface area (Å²) < 4.78 is 5.40. The molecule has 0 heterocycles. The molecule has 4 nitrogen and oxygen atoms in total. The van der Waals surface area contributed by atoms with Gasteiger partial charge in [0.15, 0.2) is 0 Å². The van der Waals surface area contributed by atoms with Crippen molar-refractivity contribution < 1.29 is 9.53 Å². The number of hydrogen-bond donors (Lipinski definition) is 2. The number of carbonyl (C=O) groups excluding carboxylic acids is 1. The van der Waals surface area contributed by atoms with Gasteiger partial charge in [0.1, 0.15) is 0 Å². The quantitative estimate of drug-likeness (QED) is 0.790. The van der Waals surface area contributed by atoms with Crippen molar-refractivity contribution in [1.29, 1.82) is 0 Å². The van der Waals surface area contributed by atoms with Crippen molar-refractivity contribution in [3.63, 3.8) is 0 Å². The van der Waals surface area contributed by atoms with Gasteiger partial charge in [0.2, 0.25) is 5.91 Å². The Balaban J connectivity index is 2.52. The predicted octanol–water partition coefficient (Wildman–Crippen LogP) is 1.86. The molecule has 106 valence electrons.